The Bertz CT molecular complexity index is 817. The molecule has 4 rings (SSSR count). The van der Waals surface area contributed by atoms with Gasteiger partial charge < -0.3 is 19.5 Å². The van der Waals surface area contributed by atoms with Crippen LogP contribution in [-0.2, 0) is 10.2 Å². The summed E-state index contributed by atoms with van der Waals surface area (Å²) in [5, 5.41) is 3.52. The van der Waals surface area contributed by atoms with Crippen LogP contribution in [0.1, 0.15) is 28.8 Å². The van der Waals surface area contributed by atoms with E-state index in [-0.39, 0.29) is 18.1 Å². The summed E-state index contributed by atoms with van der Waals surface area (Å²) in [5.74, 6) is 1.35. The summed E-state index contributed by atoms with van der Waals surface area (Å²) in [7, 11) is 0. The first kappa shape index (κ1) is 17.2. The first-order valence-electron chi connectivity index (χ1n) is 8.69. The molecule has 0 aromatic heterocycles. The van der Waals surface area contributed by atoms with Crippen molar-refractivity contribution in [3.05, 3.63) is 58.6 Å². The van der Waals surface area contributed by atoms with Crippen LogP contribution in [0.2, 0.25) is 5.02 Å². The molecule has 2 aliphatic rings. The molecule has 136 valence electrons. The van der Waals surface area contributed by atoms with Crippen LogP contribution in [0, 0.1) is 0 Å². The lowest BCUT2D eigenvalue weighted by atomic mass is 9.74. The van der Waals surface area contributed by atoms with Crippen LogP contribution in [0.15, 0.2) is 42.5 Å². The van der Waals surface area contributed by atoms with Crippen molar-refractivity contribution in [2.75, 3.05) is 26.6 Å². The molecule has 2 heterocycles. The smallest absolute Gasteiger partial charge is 0.252 e. The molecule has 1 fully saturated rings. The van der Waals surface area contributed by atoms with E-state index in [1.165, 1.54) is 0 Å². The van der Waals surface area contributed by atoms with E-state index in [2.05, 4.69) is 11.4 Å². The van der Waals surface area contributed by atoms with Gasteiger partial charge in [0.1, 0.15) is 0 Å². The fraction of sp³-hybridized carbons (Fsp3) is 0.350. The number of halogens is 1. The van der Waals surface area contributed by atoms with Gasteiger partial charge in [-0.3, -0.25) is 4.79 Å². The second-order valence-corrected chi connectivity index (χ2v) is 7.03. The summed E-state index contributed by atoms with van der Waals surface area (Å²) in [4.78, 5) is 12.6. The minimum atomic E-state index is -0.198. The number of rotatable bonds is 4. The number of nitrogens with one attached hydrogen (secondary N) is 1. The van der Waals surface area contributed by atoms with Crippen molar-refractivity contribution in [1.82, 2.24) is 5.32 Å². The molecule has 6 heteroatoms. The van der Waals surface area contributed by atoms with Crippen LogP contribution in [-0.4, -0.2) is 32.5 Å². The lowest BCUT2D eigenvalue weighted by molar-refractivity contribution is 0.0486. The van der Waals surface area contributed by atoms with Gasteiger partial charge in [-0.1, -0.05) is 29.8 Å². The van der Waals surface area contributed by atoms with Crippen molar-refractivity contribution in [3.8, 4) is 11.5 Å². The van der Waals surface area contributed by atoms with Crippen LogP contribution >= 0.6 is 11.6 Å². The van der Waals surface area contributed by atoms with Gasteiger partial charge in [0.25, 0.3) is 5.91 Å². The van der Waals surface area contributed by atoms with Gasteiger partial charge in [0.05, 0.1) is 10.6 Å². The summed E-state index contributed by atoms with van der Waals surface area (Å²) in [6.07, 6.45) is 1.66. The third-order valence-electron chi connectivity index (χ3n) is 5.14. The third-order valence-corrected chi connectivity index (χ3v) is 5.47. The molecule has 1 amide bonds. The molecule has 26 heavy (non-hydrogen) atoms. The predicted octanol–water partition coefficient (Wildman–Crippen LogP) is 3.55. The van der Waals surface area contributed by atoms with Crippen LogP contribution in [0.5, 0.6) is 11.5 Å². The molecule has 1 N–H and O–H groups in total. The molecule has 0 spiro atoms. The fourth-order valence-corrected chi connectivity index (χ4v) is 3.77. The molecule has 1 saturated heterocycles. The summed E-state index contributed by atoms with van der Waals surface area (Å²) in [6, 6.07) is 13.1. The zero-order valence-electron chi connectivity index (χ0n) is 14.3. The minimum Gasteiger partial charge on any atom is -0.454 e. The molecule has 0 saturated carbocycles. The Balaban J connectivity index is 1.57. The lowest BCUT2D eigenvalue weighted by Gasteiger charge is -2.38. The zero-order valence-corrected chi connectivity index (χ0v) is 15.1. The maximum absolute atomic E-state index is 12.6. The highest BCUT2D eigenvalue weighted by atomic mass is 35.5. The van der Waals surface area contributed by atoms with E-state index in [0.717, 1.165) is 29.9 Å². The molecule has 0 atom stereocenters. The van der Waals surface area contributed by atoms with Gasteiger partial charge in [-0.25, -0.2) is 0 Å². The largest absolute Gasteiger partial charge is 0.454 e. The third kappa shape index (κ3) is 3.24. The van der Waals surface area contributed by atoms with Crippen molar-refractivity contribution in [3.63, 3.8) is 0 Å². The maximum Gasteiger partial charge on any atom is 0.252 e. The summed E-state index contributed by atoms with van der Waals surface area (Å²) in [5.41, 5.74) is 1.42. The van der Waals surface area contributed by atoms with Gasteiger partial charge in [-0.2, -0.15) is 0 Å². The van der Waals surface area contributed by atoms with Crippen molar-refractivity contribution in [1.29, 1.82) is 0 Å². The first-order valence-corrected chi connectivity index (χ1v) is 9.06. The highest BCUT2D eigenvalue weighted by molar-refractivity contribution is 6.33. The Labute approximate surface area is 157 Å². The lowest BCUT2D eigenvalue weighted by Crippen LogP contribution is -2.44. The number of carbonyl (C=O) groups is 1. The molecular formula is C20H20ClNO4. The zero-order chi connectivity index (χ0) is 18.0. The monoisotopic (exact) mass is 373 g/mol. The summed E-state index contributed by atoms with van der Waals surface area (Å²) < 4.78 is 16.5. The van der Waals surface area contributed by atoms with Crippen LogP contribution < -0.4 is 14.8 Å². The number of ether oxygens (including phenoxy) is 3. The Morgan fingerprint density at radius 1 is 1.08 bits per heavy atom. The number of amides is 1. The molecule has 2 aromatic carbocycles. The van der Waals surface area contributed by atoms with Crippen LogP contribution in [0.4, 0.5) is 0 Å². The Morgan fingerprint density at radius 3 is 2.65 bits per heavy atom. The molecule has 2 aliphatic heterocycles. The van der Waals surface area contributed by atoms with Gasteiger partial charge in [0, 0.05) is 25.2 Å². The summed E-state index contributed by atoms with van der Waals surface area (Å²) in [6.45, 7) is 2.09. The topological polar surface area (TPSA) is 56.8 Å². The van der Waals surface area contributed by atoms with E-state index in [1.807, 2.05) is 24.3 Å². The van der Waals surface area contributed by atoms with Crippen LogP contribution in [0.3, 0.4) is 0 Å². The van der Waals surface area contributed by atoms with Gasteiger partial charge in [-0.15, -0.1) is 0 Å². The van der Waals surface area contributed by atoms with E-state index >= 15 is 0 Å². The highest BCUT2D eigenvalue weighted by Gasteiger charge is 2.36. The van der Waals surface area contributed by atoms with Crippen molar-refractivity contribution >= 4 is 17.5 Å². The molecule has 0 aliphatic carbocycles. The van der Waals surface area contributed by atoms with E-state index in [1.54, 1.807) is 12.1 Å². The van der Waals surface area contributed by atoms with Gasteiger partial charge in [-0.05, 0) is 42.7 Å². The second kappa shape index (κ2) is 7.17. The fourth-order valence-electron chi connectivity index (χ4n) is 3.55. The highest BCUT2D eigenvalue weighted by Crippen LogP contribution is 2.40. The number of benzene rings is 2. The standard InChI is InChI=1S/C20H20ClNO4/c21-16-4-2-1-3-15(16)19(23)22-12-20(7-9-24-10-8-20)14-5-6-17-18(11-14)26-13-25-17/h1-6,11H,7-10,12-13H2,(H,22,23). The Kier molecular flexibility index (Phi) is 4.74. The molecule has 0 bridgehead atoms. The normalized spacial score (nSPS) is 17.7. The number of hydrogen-bond donors (Lipinski definition) is 1. The maximum atomic E-state index is 12.6. The van der Waals surface area contributed by atoms with E-state index in [9.17, 15) is 4.79 Å². The van der Waals surface area contributed by atoms with Crippen LogP contribution in [0.25, 0.3) is 0 Å². The molecule has 5 nitrogen and oxygen atoms in total. The average molecular weight is 374 g/mol. The van der Waals surface area contributed by atoms with E-state index in [0.29, 0.717) is 30.3 Å². The minimum absolute atomic E-state index is 0.165. The Morgan fingerprint density at radius 2 is 1.85 bits per heavy atom. The molecule has 2 aromatic rings. The second-order valence-electron chi connectivity index (χ2n) is 6.62. The van der Waals surface area contributed by atoms with Crippen molar-refractivity contribution in [2.45, 2.75) is 18.3 Å². The number of fused-ring (bicyclic) bond motifs is 1. The molecule has 0 unspecified atom stereocenters. The predicted molar refractivity (Wildman–Crippen MR) is 98.1 cm³/mol. The van der Waals surface area contributed by atoms with Crippen molar-refractivity contribution < 1.29 is 19.0 Å². The average Bonchev–Trinajstić information content (AvgIpc) is 3.15. The number of hydrogen-bond acceptors (Lipinski definition) is 4. The van der Waals surface area contributed by atoms with Gasteiger partial charge in [0.2, 0.25) is 6.79 Å². The van der Waals surface area contributed by atoms with Gasteiger partial charge in [0.15, 0.2) is 11.5 Å². The van der Waals surface area contributed by atoms with Crippen molar-refractivity contribution in [2.24, 2.45) is 0 Å². The first-order chi connectivity index (χ1) is 12.7. The molecular weight excluding hydrogens is 354 g/mol. The Hall–Kier alpha value is -2.24. The van der Waals surface area contributed by atoms with Gasteiger partial charge >= 0.3 is 0 Å². The molecule has 0 radical (unpaired) electrons. The van der Waals surface area contributed by atoms with E-state index in [4.69, 9.17) is 25.8 Å². The number of carbonyl (C=O) groups excluding carboxylic acids is 1. The summed E-state index contributed by atoms with van der Waals surface area (Å²) >= 11 is 6.15. The quantitative estimate of drug-likeness (QED) is 0.890. The SMILES string of the molecule is O=C(NCC1(c2ccc3c(c2)OCO3)CCOCC1)c1ccccc1Cl. The van der Waals surface area contributed by atoms with E-state index < -0.39 is 0 Å².